The highest BCUT2D eigenvalue weighted by molar-refractivity contribution is 7.21. The summed E-state index contributed by atoms with van der Waals surface area (Å²) in [7, 11) is 0. The molecule has 1 aliphatic heterocycles. The lowest BCUT2D eigenvalue weighted by molar-refractivity contribution is -0.117. The molecule has 2 aromatic heterocycles. The van der Waals surface area contributed by atoms with Crippen LogP contribution in [0.1, 0.15) is 11.1 Å². The Bertz CT molecular complexity index is 1260. The fourth-order valence-corrected chi connectivity index (χ4v) is 5.35. The van der Waals surface area contributed by atoms with Gasteiger partial charge in [-0.1, -0.05) is 48.5 Å². The smallest absolute Gasteiger partial charge is 0.238 e. The first-order chi connectivity index (χ1) is 16.1. The highest BCUT2D eigenvalue weighted by atomic mass is 32.1. The molecule has 0 atom stereocenters. The van der Waals surface area contributed by atoms with Crippen LogP contribution >= 0.6 is 11.3 Å². The van der Waals surface area contributed by atoms with Gasteiger partial charge < -0.3 is 10.2 Å². The number of hydrogen-bond acceptors (Lipinski definition) is 6. The SMILES string of the molecule is Cc1cccc(C)c1NC(=O)CN1CCN(c2ncnc3sc(-c4ccccc4)cc23)CC1. The number of hydrogen-bond donors (Lipinski definition) is 1. The van der Waals surface area contributed by atoms with Gasteiger partial charge >= 0.3 is 0 Å². The number of aromatic nitrogens is 2. The maximum atomic E-state index is 12.7. The second kappa shape index (κ2) is 9.29. The zero-order valence-corrected chi connectivity index (χ0v) is 19.7. The standard InChI is InChI=1S/C26H27N5OS/c1-18-7-6-8-19(2)24(18)29-23(32)16-30-11-13-31(14-12-30)25-21-15-22(20-9-4-3-5-10-20)33-26(21)28-17-27-25/h3-10,15,17H,11-14,16H2,1-2H3,(H,29,32). The third-order valence-electron chi connectivity index (χ3n) is 6.15. The van der Waals surface area contributed by atoms with E-state index in [9.17, 15) is 4.79 Å². The molecule has 3 heterocycles. The summed E-state index contributed by atoms with van der Waals surface area (Å²) in [5.74, 6) is 1.02. The van der Waals surface area contributed by atoms with E-state index >= 15 is 0 Å². The molecular weight excluding hydrogens is 430 g/mol. The molecule has 6 nitrogen and oxygen atoms in total. The molecule has 33 heavy (non-hydrogen) atoms. The normalized spacial score (nSPS) is 14.5. The van der Waals surface area contributed by atoms with Gasteiger partial charge in [0.05, 0.1) is 11.9 Å². The van der Waals surface area contributed by atoms with Gasteiger partial charge in [0.15, 0.2) is 0 Å². The minimum atomic E-state index is 0.0376. The molecule has 0 aliphatic carbocycles. The number of anilines is 2. The number of amides is 1. The third kappa shape index (κ3) is 4.60. The molecule has 0 unspecified atom stereocenters. The topological polar surface area (TPSA) is 61.4 Å². The summed E-state index contributed by atoms with van der Waals surface area (Å²) in [6, 6.07) is 18.7. The van der Waals surface area contributed by atoms with Crippen LogP contribution in [0.3, 0.4) is 0 Å². The first-order valence-corrected chi connectivity index (χ1v) is 12.0. The average Bonchev–Trinajstić information content (AvgIpc) is 3.27. The van der Waals surface area contributed by atoms with Crippen molar-refractivity contribution in [2.45, 2.75) is 13.8 Å². The van der Waals surface area contributed by atoms with Crippen molar-refractivity contribution < 1.29 is 4.79 Å². The summed E-state index contributed by atoms with van der Waals surface area (Å²) >= 11 is 1.70. The molecule has 1 aliphatic rings. The molecular formula is C26H27N5OS. The van der Waals surface area contributed by atoms with E-state index in [1.54, 1.807) is 17.7 Å². The van der Waals surface area contributed by atoms with Gasteiger partial charge in [-0.2, -0.15) is 0 Å². The molecule has 0 spiro atoms. The Labute approximate surface area is 197 Å². The lowest BCUT2D eigenvalue weighted by Crippen LogP contribution is -2.49. The van der Waals surface area contributed by atoms with Gasteiger partial charge in [0, 0.05) is 36.7 Å². The molecule has 0 radical (unpaired) electrons. The summed E-state index contributed by atoms with van der Waals surface area (Å²) < 4.78 is 0. The predicted octanol–water partition coefficient (Wildman–Crippen LogP) is 4.74. The molecule has 0 saturated carbocycles. The Morgan fingerprint density at radius 1 is 0.970 bits per heavy atom. The highest BCUT2D eigenvalue weighted by Crippen LogP contribution is 2.36. The van der Waals surface area contributed by atoms with Crippen molar-refractivity contribution in [3.63, 3.8) is 0 Å². The van der Waals surface area contributed by atoms with E-state index in [4.69, 9.17) is 0 Å². The number of benzene rings is 2. The molecule has 1 fully saturated rings. The number of nitrogens with one attached hydrogen (secondary N) is 1. The minimum Gasteiger partial charge on any atom is -0.353 e. The number of para-hydroxylation sites is 1. The Kier molecular flexibility index (Phi) is 6.07. The van der Waals surface area contributed by atoms with Crippen molar-refractivity contribution >= 4 is 39.0 Å². The quantitative estimate of drug-likeness (QED) is 0.469. The van der Waals surface area contributed by atoms with Crippen LogP contribution in [0.25, 0.3) is 20.7 Å². The fourth-order valence-electron chi connectivity index (χ4n) is 4.35. The molecule has 0 bridgehead atoms. The zero-order valence-electron chi connectivity index (χ0n) is 18.9. The van der Waals surface area contributed by atoms with E-state index < -0.39 is 0 Å². The lowest BCUT2D eigenvalue weighted by Gasteiger charge is -2.35. The fraction of sp³-hybridized carbons (Fsp3) is 0.269. The minimum absolute atomic E-state index is 0.0376. The lowest BCUT2D eigenvalue weighted by atomic mass is 10.1. The molecule has 7 heteroatoms. The summed E-state index contributed by atoms with van der Waals surface area (Å²) in [4.78, 5) is 28.5. The maximum Gasteiger partial charge on any atom is 0.238 e. The Balaban J connectivity index is 1.25. The van der Waals surface area contributed by atoms with E-state index in [-0.39, 0.29) is 5.91 Å². The molecule has 5 rings (SSSR count). The van der Waals surface area contributed by atoms with Crippen LogP contribution in [-0.4, -0.2) is 53.5 Å². The maximum absolute atomic E-state index is 12.7. The van der Waals surface area contributed by atoms with Crippen molar-refractivity contribution in [2.24, 2.45) is 0 Å². The van der Waals surface area contributed by atoms with Crippen LogP contribution in [0.4, 0.5) is 11.5 Å². The molecule has 2 aromatic carbocycles. The Morgan fingerprint density at radius 3 is 2.42 bits per heavy atom. The summed E-state index contributed by atoms with van der Waals surface area (Å²) in [5, 5.41) is 4.20. The molecule has 1 amide bonds. The van der Waals surface area contributed by atoms with E-state index in [1.165, 1.54) is 10.4 Å². The second-order valence-corrected chi connectivity index (χ2v) is 9.50. The van der Waals surface area contributed by atoms with Gasteiger partial charge in [0.1, 0.15) is 17.0 Å². The third-order valence-corrected chi connectivity index (χ3v) is 7.24. The van der Waals surface area contributed by atoms with Gasteiger partial charge in [0.25, 0.3) is 0 Å². The Morgan fingerprint density at radius 2 is 1.70 bits per heavy atom. The van der Waals surface area contributed by atoms with Gasteiger partial charge in [-0.25, -0.2) is 9.97 Å². The van der Waals surface area contributed by atoms with Crippen LogP contribution in [0, 0.1) is 13.8 Å². The van der Waals surface area contributed by atoms with Crippen molar-refractivity contribution in [3.05, 3.63) is 72.1 Å². The number of carbonyl (C=O) groups excluding carboxylic acids is 1. The van der Waals surface area contributed by atoms with E-state index in [2.05, 4.69) is 55.4 Å². The van der Waals surface area contributed by atoms with Crippen LogP contribution in [0.5, 0.6) is 0 Å². The van der Waals surface area contributed by atoms with Crippen molar-refractivity contribution in [1.29, 1.82) is 0 Å². The first-order valence-electron chi connectivity index (χ1n) is 11.2. The van der Waals surface area contributed by atoms with Crippen LogP contribution in [-0.2, 0) is 4.79 Å². The van der Waals surface area contributed by atoms with Gasteiger partial charge in [-0.05, 0) is 36.6 Å². The zero-order chi connectivity index (χ0) is 22.8. The summed E-state index contributed by atoms with van der Waals surface area (Å²) in [6.07, 6.45) is 1.66. The van der Waals surface area contributed by atoms with E-state index in [0.717, 1.165) is 59.0 Å². The molecule has 1 saturated heterocycles. The Hall–Kier alpha value is -3.29. The van der Waals surface area contributed by atoms with Crippen LogP contribution < -0.4 is 10.2 Å². The highest BCUT2D eigenvalue weighted by Gasteiger charge is 2.22. The van der Waals surface area contributed by atoms with Crippen LogP contribution in [0.15, 0.2) is 60.9 Å². The second-order valence-electron chi connectivity index (χ2n) is 8.47. The van der Waals surface area contributed by atoms with Gasteiger partial charge in [-0.15, -0.1) is 11.3 Å². The van der Waals surface area contributed by atoms with Crippen LogP contribution in [0.2, 0.25) is 0 Å². The van der Waals surface area contributed by atoms with Gasteiger partial charge in [-0.3, -0.25) is 9.69 Å². The van der Waals surface area contributed by atoms with Crippen molar-refractivity contribution in [2.75, 3.05) is 42.9 Å². The number of fused-ring (bicyclic) bond motifs is 1. The summed E-state index contributed by atoms with van der Waals surface area (Å²) in [5.41, 5.74) is 4.31. The van der Waals surface area contributed by atoms with Gasteiger partial charge in [0.2, 0.25) is 5.91 Å². The number of piperazine rings is 1. The monoisotopic (exact) mass is 457 g/mol. The predicted molar refractivity (Wildman–Crippen MR) is 136 cm³/mol. The molecule has 1 N–H and O–H groups in total. The van der Waals surface area contributed by atoms with E-state index in [1.807, 2.05) is 38.1 Å². The number of rotatable bonds is 5. The van der Waals surface area contributed by atoms with Crippen molar-refractivity contribution in [1.82, 2.24) is 14.9 Å². The average molecular weight is 458 g/mol. The molecule has 4 aromatic rings. The number of nitrogens with zero attached hydrogens (tertiary/aromatic N) is 4. The summed E-state index contributed by atoms with van der Waals surface area (Å²) in [6.45, 7) is 7.76. The number of carbonyl (C=O) groups is 1. The number of aryl methyl sites for hydroxylation is 2. The largest absolute Gasteiger partial charge is 0.353 e. The van der Waals surface area contributed by atoms with Crippen molar-refractivity contribution in [3.8, 4) is 10.4 Å². The van der Waals surface area contributed by atoms with E-state index in [0.29, 0.717) is 6.54 Å². The first kappa shape index (κ1) is 21.6. The molecule has 168 valence electrons. The number of thiophene rings is 1.